The monoisotopic (exact) mass is 211 g/mol. The lowest BCUT2D eigenvalue weighted by atomic mass is 9.92. The molecule has 0 bridgehead atoms. The molecule has 0 saturated carbocycles. The van der Waals surface area contributed by atoms with Crippen LogP contribution < -0.4 is 5.32 Å². The fourth-order valence-corrected chi connectivity index (χ4v) is 2.84. The quantitative estimate of drug-likeness (QED) is 0.525. The highest BCUT2D eigenvalue weighted by molar-refractivity contribution is 4.86. The van der Waals surface area contributed by atoms with Gasteiger partial charge in [-0.2, -0.15) is 0 Å². The summed E-state index contributed by atoms with van der Waals surface area (Å²) in [5, 5.41) is 3.41. The van der Waals surface area contributed by atoms with E-state index in [1.54, 1.807) is 0 Å². The van der Waals surface area contributed by atoms with Gasteiger partial charge in [0.15, 0.2) is 0 Å². The van der Waals surface area contributed by atoms with Crippen molar-refractivity contribution in [1.82, 2.24) is 5.32 Å². The van der Waals surface area contributed by atoms with Gasteiger partial charge in [0, 0.05) is 19.9 Å². The Hall–Kier alpha value is -0.340. The number of hydrogen-bond acceptors (Lipinski definition) is 1. The van der Waals surface area contributed by atoms with Gasteiger partial charge in [0.1, 0.15) is 0 Å². The van der Waals surface area contributed by atoms with Gasteiger partial charge in [-0.15, -0.1) is 0 Å². The largest absolute Gasteiger partial charge is 0.317 e. The molecule has 88 valence electrons. The lowest BCUT2D eigenvalue weighted by Crippen LogP contribution is -2.65. The van der Waals surface area contributed by atoms with Gasteiger partial charge in [0.2, 0.25) is 0 Å². The standard InChI is InChI=1S/C13H27N2/c1-6-14-8-7-13(5)15(11(2)3)9-12(4)10-15/h12-14H,2,6-10H2,1,3-5H3/q+1. The highest BCUT2D eigenvalue weighted by Gasteiger charge is 2.46. The number of hydrogen-bond donors (Lipinski definition) is 1. The highest BCUT2D eigenvalue weighted by atomic mass is 15.4. The van der Waals surface area contributed by atoms with E-state index in [1.165, 1.54) is 25.2 Å². The lowest BCUT2D eigenvalue weighted by Gasteiger charge is -2.53. The van der Waals surface area contributed by atoms with E-state index in [-0.39, 0.29) is 0 Å². The molecule has 2 heteroatoms. The fourth-order valence-electron chi connectivity index (χ4n) is 2.84. The van der Waals surface area contributed by atoms with Gasteiger partial charge >= 0.3 is 0 Å². The molecular weight excluding hydrogens is 184 g/mol. The maximum Gasteiger partial charge on any atom is 0.0986 e. The molecule has 1 N–H and O–H groups in total. The Morgan fingerprint density at radius 1 is 1.53 bits per heavy atom. The van der Waals surface area contributed by atoms with Crippen LogP contribution in [-0.4, -0.2) is 36.7 Å². The van der Waals surface area contributed by atoms with Crippen molar-refractivity contribution in [3.63, 3.8) is 0 Å². The first kappa shape index (κ1) is 12.7. The van der Waals surface area contributed by atoms with Crippen molar-refractivity contribution in [2.24, 2.45) is 5.92 Å². The third kappa shape index (κ3) is 2.61. The topological polar surface area (TPSA) is 12.0 Å². The molecule has 1 atom stereocenters. The summed E-state index contributed by atoms with van der Waals surface area (Å²) in [5.41, 5.74) is 1.34. The summed E-state index contributed by atoms with van der Waals surface area (Å²) in [5.74, 6) is 0.878. The predicted octanol–water partition coefficient (Wildman–Crippen LogP) is 2.37. The number of likely N-dealkylation sites (tertiary alicyclic amines) is 1. The van der Waals surface area contributed by atoms with Crippen LogP contribution in [0.1, 0.15) is 34.1 Å². The Morgan fingerprint density at radius 2 is 2.13 bits per heavy atom. The highest BCUT2D eigenvalue weighted by Crippen LogP contribution is 2.35. The molecule has 2 nitrogen and oxygen atoms in total. The van der Waals surface area contributed by atoms with Gasteiger partial charge in [-0.1, -0.05) is 13.8 Å². The van der Waals surface area contributed by atoms with Crippen molar-refractivity contribution < 1.29 is 4.48 Å². The van der Waals surface area contributed by atoms with Gasteiger partial charge in [0.25, 0.3) is 0 Å². The molecule has 0 amide bonds. The van der Waals surface area contributed by atoms with E-state index in [0.717, 1.165) is 29.5 Å². The van der Waals surface area contributed by atoms with Crippen molar-refractivity contribution in [3.05, 3.63) is 12.3 Å². The summed E-state index contributed by atoms with van der Waals surface area (Å²) in [6, 6.07) is 0.720. The fraction of sp³-hybridized carbons (Fsp3) is 0.846. The van der Waals surface area contributed by atoms with Crippen molar-refractivity contribution in [2.75, 3.05) is 26.2 Å². The van der Waals surface area contributed by atoms with Crippen molar-refractivity contribution >= 4 is 0 Å². The molecule has 0 aromatic rings. The molecule has 1 aliphatic rings. The zero-order chi connectivity index (χ0) is 11.5. The van der Waals surface area contributed by atoms with E-state index in [9.17, 15) is 0 Å². The third-order valence-electron chi connectivity index (χ3n) is 3.87. The molecule has 0 spiro atoms. The number of allylic oxidation sites excluding steroid dienone is 1. The van der Waals surface area contributed by atoms with Crippen LogP contribution in [0.5, 0.6) is 0 Å². The Labute approximate surface area is 94.9 Å². The molecule has 1 fully saturated rings. The number of nitrogens with zero attached hydrogens (tertiary/aromatic N) is 1. The minimum Gasteiger partial charge on any atom is -0.317 e. The van der Waals surface area contributed by atoms with Crippen LogP contribution in [0.2, 0.25) is 0 Å². The zero-order valence-electron chi connectivity index (χ0n) is 10.8. The minimum absolute atomic E-state index is 0.720. The smallest absolute Gasteiger partial charge is 0.0986 e. The van der Waals surface area contributed by atoms with E-state index in [4.69, 9.17) is 0 Å². The van der Waals surface area contributed by atoms with E-state index < -0.39 is 0 Å². The van der Waals surface area contributed by atoms with Crippen LogP contribution in [0.25, 0.3) is 0 Å². The molecule has 1 unspecified atom stereocenters. The van der Waals surface area contributed by atoms with Crippen LogP contribution in [0.3, 0.4) is 0 Å². The molecule has 0 aliphatic carbocycles. The van der Waals surface area contributed by atoms with Crippen molar-refractivity contribution in [1.29, 1.82) is 0 Å². The van der Waals surface area contributed by atoms with E-state index in [2.05, 4.69) is 39.6 Å². The predicted molar refractivity (Wildman–Crippen MR) is 66.6 cm³/mol. The Kier molecular flexibility index (Phi) is 4.35. The van der Waals surface area contributed by atoms with Crippen LogP contribution in [0, 0.1) is 5.92 Å². The molecule has 0 aromatic heterocycles. The Balaban J connectivity index is 2.47. The number of rotatable bonds is 6. The van der Waals surface area contributed by atoms with Gasteiger partial charge in [-0.25, -0.2) is 0 Å². The molecule has 15 heavy (non-hydrogen) atoms. The average molecular weight is 211 g/mol. The van der Waals surface area contributed by atoms with E-state index >= 15 is 0 Å². The average Bonchev–Trinajstić information content (AvgIpc) is 2.12. The zero-order valence-corrected chi connectivity index (χ0v) is 10.8. The van der Waals surface area contributed by atoms with E-state index in [0.29, 0.717) is 0 Å². The Bertz CT molecular complexity index is 217. The second kappa shape index (κ2) is 5.13. The van der Waals surface area contributed by atoms with Crippen LogP contribution in [-0.2, 0) is 0 Å². The molecule has 0 radical (unpaired) electrons. The van der Waals surface area contributed by atoms with Gasteiger partial charge < -0.3 is 5.32 Å². The molecule has 0 aromatic carbocycles. The summed E-state index contributed by atoms with van der Waals surface area (Å²) in [4.78, 5) is 0. The van der Waals surface area contributed by atoms with Gasteiger partial charge in [0.05, 0.1) is 30.7 Å². The first-order valence-corrected chi connectivity index (χ1v) is 6.26. The normalized spacial score (nSPS) is 32.1. The molecular formula is C13H27N2+. The third-order valence-corrected chi connectivity index (χ3v) is 3.87. The maximum absolute atomic E-state index is 4.18. The molecule has 1 heterocycles. The summed E-state index contributed by atoms with van der Waals surface area (Å²) < 4.78 is 1.16. The number of quaternary nitrogens is 1. The molecule has 1 aliphatic heterocycles. The summed E-state index contributed by atoms with van der Waals surface area (Å²) >= 11 is 0. The van der Waals surface area contributed by atoms with Crippen LogP contribution in [0.15, 0.2) is 12.3 Å². The second-order valence-corrected chi connectivity index (χ2v) is 5.23. The van der Waals surface area contributed by atoms with Gasteiger partial charge in [-0.3, -0.25) is 4.48 Å². The summed E-state index contributed by atoms with van der Waals surface area (Å²) in [6.45, 7) is 18.1. The maximum atomic E-state index is 4.18. The van der Waals surface area contributed by atoms with Crippen molar-refractivity contribution in [3.8, 4) is 0 Å². The second-order valence-electron chi connectivity index (χ2n) is 5.23. The molecule has 1 rings (SSSR count). The van der Waals surface area contributed by atoms with Crippen molar-refractivity contribution in [2.45, 2.75) is 40.2 Å². The summed E-state index contributed by atoms with van der Waals surface area (Å²) in [7, 11) is 0. The first-order valence-electron chi connectivity index (χ1n) is 6.26. The Morgan fingerprint density at radius 3 is 2.53 bits per heavy atom. The van der Waals surface area contributed by atoms with E-state index in [1.807, 2.05) is 0 Å². The number of nitrogens with one attached hydrogen (secondary N) is 1. The van der Waals surface area contributed by atoms with Crippen LogP contribution >= 0.6 is 0 Å². The minimum atomic E-state index is 0.720. The first-order chi connectivity index (χ1) is 7.03. The van der Waals surface area contributed by atoms with Crippen LogP contribution in [0.4, 0.5) is 0 Å². The molecule has 1 saturated heterocycles. The lowest BCUT2D eigenvalue weighted by molar-refractivity contribution is -0.960. The van der Waals surface area contributed by atoms with Gasteiger partial charge in [-0.05, 0) is 20.0 Å². The SMILES string of the molecule is C=C(C)[N+]1(C(C)CCNCC)CC(C)C1. The summed E-state index contributed by atoms with van der Waals surface area (Å²) in [6.07, 6.45) is 1.26.